The number of benzene rings is 2. The maximum Gasteiger partial charge on any atom is 0.305 e. The van der Waals surface area contributed by atoms with Gasteiger partial charge in [-0.25, -0.2) is 4.39 Å². The van der Waals surface area contributed by atoms with Gasteiger partial charge in [0.25, 0.3) is 5.91 Å². The SMILES string of the molecule is Cc1c(C(=O)NNC(=O)c2ccc(F)cc2)oc2ccc(Br)cc12. The Morgan fingerprint density at radius 3 is 2.42 bits per heavy atom. The molecule has 0 fully saturated rings. The Labute approximate surface area is 144 Å². The minimum Gasteiger partial charge on any atom is -0.451 e. The lowest BCUT2D eigenvalue weighted by atomic mass is 10.1. The van der Waals surface area contributed by atoms with Gasteiger partial charge in [0.05, 0.1) is 0 Å². The molecule has 0 saturated heterocycles. The maximum absolute atomic E-state index is 12.8. The minimum atomic E-state index is -0.574. The number of hydrazine groups is 1. The van der Waals surface area contributed by atoms with Gasteiger partial charge in [0.15, 0.2) is 5.76 Å². The van der Waals surface area contributed by atoms with Crippen LogP contribution in [-0.2, 0) is 0 Å². The summed E-state index contributed by atoms with van der Waals surface area (Å²) in [5.74, 6) is -1.46. The highest BCUT2D eigenvalue weighted by Crippen LogP contribution is 2.27. The lowest BCUT2D eigenvalue weighted by Crippen LogP contribution is -2.41. The summed E-state index contributed by atoms with van der Waals surface area (Å²) in [5.41, 5.74) is 6.03. The number of carbonyl (C=O) groups excluding carboxylic acids is 2. The molecule has 24 heavy (non-hydrogen) atoms. The van der Waals surface area contributed by atoms with Crippen molar-refractivity contribution in [3.05, 3.63) is 69.6 Å². The van der Waals surface area contributed by atoms with E-state index in [-0.39, 0.29) is 11.3 Å². The Balaban J connectivity index is 1.74. The molecule has 0 atom stereocenters. The fourth-order valence-corrected chi connectivity index (χ4v) is 2.61. The molecule has 5 nitrogen and oxygen atoms in total. The van der Waals surface area contributed by atoms with Gasteiger partial charge in [-0.2, -0.15) is 0 Å². The fraction of sp³-hybridized carbons (Fsp3) is 0.0588. The first-order chi connectivity index (χ1) is 11.5. The average molecular weight is 391 g/mol. The third-order valence-corrected chi connectivity index (χ3v) is 3.99. The molecule has 3 rings (SSSR count). The van der Waals surface area contributed by atoms with E-state index in [4.69, 9.17) is 4.42 Å². The van der Waals surface area contributed by atoms with E-state index in [0.717, 1.165) is 22.0 Å². The second kappa shape index (κ2) is 6.45. The Kier molecular flexibility index (Phi) is 4.35. The number of hydrogen-bond donors (Lipinski definition) is 2. The predicted molar refractivity (Wildman–Crippen MR) is 90.0 cm³/mol. The molecule has 0 unspecified atom stereocenters. The van der Waals surface area contributed by atoms with Crippen LogP contribution in [0.25, 0.3) is 11.0 Å². The summed E-state index contributed by atoms with van der Waals surface area (Å²) in [6.45, 7) is 1.76. The quantitative estimate of drug-likeness (QED) is 0.655. The summed E-state index contributed by atoms with van der Waals surface area (Å²) in [4.78, 5) is 24.1. The van der Waals surface area contributed by atoms with Crippen molar-refractivity contribution < 1.29 is 18.4 Å². The standard InChI is InChI=1S/C17H12BrFN2O3/c1-9-13-8-11(18)4-7-14(13)24-15(9)17(23)21-20-16(22)10-2-5-12(19)6-3-10/h2-8H,1H3,(H,20,22)(H,21,23). The van der Waals surface area contributed by atoms with Crippen molar-refractivity contribution in [2.75, 3.05) is 0 Å². The molecule has 0 bridgehead atoms. The zero-order chi connectivity index (χ0) is 17.3. The van der Waals surface area contributed by atoms with Gasteiger partial charge in [0.1, 0.15) is 11.4 Å². The molecule has 7 heteroatoms. The Morgan fingerprint density at radius 1 is 1.04 bits per heavy atom. The Bertz CT molecular complexity index is 935. The molecular formula is C17H12BrFN2O3. The van der Waals surface area contributed by atoms with Gasteiger partial charge >= 0.3 is 5.91 Å². The molecule has 0 aliphatic heterocycles. The van der Waals surface area contributed by atoms with E-state index >= 15 is 0 Å². The molecule has 0 aliphatic rings. The zero-order valence-electron chi connectivity index (χ0n) is 12.5. The van der Waals surface area contributed by atoms with Crippen LogP contribution in [0.15, 0.2) is 51.4 Å². The van der Waals surface area contributed by atoms with Gasteiger partial charge < -0.3 is 4.42 Å². The summed E-state index contributed by atoms with van der Waals surface area (Å²) >= 11 is 3.37. The number of hydrogen-bond acceptors (Lipinski definition) is 3. The van der Waals surface area contributed by atoms with Crippen LogP contribution in [0.5, 0.6) is 0 Å². The highest BCUT2D eigenvalue weighted by molar-refractivity contribution is 9.10. The van der Waals surface area contributed by atoms with Crippen molar-refractivity contribution in [2.24, 2.45) is 0 Å². The summed E-state index contributed by atoms with van der Waals surface area (Å²) in [6.07, 6.45) is 0. The largest absolute Gasteiger partial charge is 0.451 e. The smallest absolute Gasteiger partial charge is 0.305 e. The monoisotopic (exact) mass is 390 g/mol. The van der Waals surface area contributed by atoms with Crippen molar-refractivity contribution in [1.82, 2.24) is 10.9 Å². The van der Waals surface area contributed by atoms with Gasteiger partial charge in [0.2, 0.25) is 0 Å². The van der Waals surface area contributed by atoms with Crippen molar-refractivity contribution in [1.29, 1.82) is 0 Å². The zero-order valence-corrected chi connectivity index (χ0v) is 14.1. The van der Waals surface area contributed by atoms with Crippen LogP contribution in [0.4, 0.5) is 4.39 Å². The van der Waals surface area contributed by atoms with Gasteiger partial charge in [-0.3, -0.25) is 20.4 Å². The molecule has 1 aromatic heterocycles. The number of nitrogens with one attached hydrogen (secondary N) is 2. The predicted octanol–water partition coefficient (Wildman–Crippen LogP) is 3.72. The van der Waals surface area contributed by atoms with Gasteiger partial charge in [0, 0.05) is 21.0 Å². The first-order valence-corrected chi connectivity index (χ1v) is 7.80. The van der Waals surface area contributed by atoms with E-state index in [0.29, 0.717) is 11.1 Å². The molecule has 0 aliphatic carbocycles. The van der Waals surface area contributed by atoms with Gasteiger partial charge in [-0.1, -0.05) is 15.9 Å². The Morgan fingerprint density at radius 2 is 1.71 bits per heavy atom. The first kappa shape index (κ1) is 16.2. The van der Waals surface area contributed by atoms with Crippen molar-refractivity contribution in [3.63, 3.8) is 0 Å². The van der Waals surface area contributed by atoms with Gasteiger partial charge in [-0.15, -0.1) is 0 Å². The number of furan rings is 1. The number of fused-ring (bicyclic) bond motifs is 1. The van der Waals surface area contributed by atoms with Crippen LogP contribution >= 0.6 is 15.9 Å². The van der Waals surface area contributed by atoms with E-state index in [9.17, 15) is 14.0 Å². The van der Waals surface area contributed by atoms with Crippen LogP contribution in [0.3, 0.4) is 0 Å². The van der Waals surface area contributed by atoms with Gasteiger partial charge in [-0.05, 0) is 49.4 Å². The normalized spacial score (nSPS) is 10.6. The second-order valence-electron chi connectivity index (χ2n) is 5.11. The van der Waals surface area contributed by atoms with E-state index in [1.165, 1.54) is 12.1 Å². The van der Waals surface area contributed by atoms with Crippen LogP contribution < -0.4 is 10.9 Å². The Hall–Kier alpha value is -2.67. The van der Waals surface area contributed by atoms with Crippen LogP contribution in [0, 0.1) is 12.7 Å². The van der Waals surface area contributed by atoms with Crippen molar-refractivity contribution in [2.45, 2.75) is 6.92 Å². The summed E-state index contributed by atoms with van der Waals surface area (Å²) < 4.78 is 19.2. The highest BCUT2D eigenvalue weighted by Gasteiger charge is 2.18. The lowest BCUT2D eigenvalue weighted by Gasteiger charge is -2.06. The number of aryl methyl sites for hydroxylation is 1. The molecule has 0 radical (unpaired) electrons. The van der Waals surface area contributed by atoms with Crippen molar-refractivity contribution in [3.8, 4) is 0 Å². The third kappa shape index (κ3) is 3.16. The van der Waals surface area contributed by atoms with Crippen LogP contribution in [0.1, 0.15) is 26.5 Å². The summed E-state index contributed by atoms with van der Waals surface area (Å²) in [7, 11) is 0. The molecule has 0 spiro atoms. The topological polar surface area (TPSA) is 71.3 Å². The molecule has 2 amide bonds. The third-order valence-electron chi connectivity index (χ3n) is 3.50. The average Bonchev–Trinajstić information content (AvgIpc) is 2.89. The van der Waals surface area contributed by atoms with E-state index in [1.807, 2.05) is 12.1 Å². The number of carbonyl (C=O) groups is 2. The van der Waals surface area contributed by atoms with Crippen LogP contribution in [0.2, 0.25) is 0 Å². The molecule has 2 aromatic carbocycles. The molecule has 2 N–H and O–H groups in total. The van der Waals surface area contributed by atoms with Crippen molar-refractivity contribution >= 4 is 38.7 Å². The number of halogens is 2. The fourth-order valence-electron chi connectivity index (χ4n) is 2.25. The highest BCUT2D eigenvalue weighted by atomic mass is 79.9. The molecule has 122 valence electrons. The molecule has 3 aromatic rings. The van der Waals surface area contributed by atoms with Crippen LogP contribution in [-0.4, -0.2) is 11.8 Å². The second-order valence-corrected chi connectivity index (χ2v) is 6.03. The first-order valence-electron chi connectivity index (χ1n) is 7.00. The molecule has 1 heterocycles. The summed E-state index contributed by atoms with van der Waals surface area (Å²) in [5, 5.41) is 0.805. The van der Waals surface area contributed by atoms with E-state index in [1.54, 1.807) is 13.0 Å². The lowest BCUT2D eigenvalue weighted by molar-refractivity contribution is 0.0831. The van der Waals surface area contributed by atoms with E-state index in [2.05, 4.69) is 26.8 Å². The summed E-state index contributed by atoms with van der Waals surface area (Å²) in [6, 6.07) is 10.4. The maximum atomic E-state index is 12.8. The number of amides is 2. The molecular weight excluding hydrogens is 379 g/mol. The van der Waals surface area contributed by atoms with E-state index < -0.39 is 17.6 Å². The number of rotatable bonds is 2. The minimum absolute atomic E-state index is 0.113. The molecule has 0 saturated carbocycles.